The molecule has 3 fully saturated rings. The first kappa shape index (κ1) is 22.9. The molecular formula is C21H23F5N2OS2. The molecule has 3 aliphatic rings. The fourth-order valence-corrected chi connectivity index (χ4v) is 6.48. The van der Waals surface area contributed by atoms with Crippen molar-refractivity contribution < 1.29 is 26.7 Å². The highest BCUT2D eigenvalue weighted by Crippen LogP contribution is 2.58. The minimum absolute atomic E-state index is 0.0670. The van der Waals surface area contributed by atoms with Gasteiger partial charge < -0.3 is 4.90 Å². The Kier molecular flexibility index (Phi) is 6.59. The second-order valence-corrected chi connectivity index (χ2v) is 10.0. The Balaban J connectivity index is 1.47. The molecule has 31 heavy (non-hydrogen) atoms. The van der Waals surface area contributed by atoms with Crippen molar-refractivity contribution in [2.24, 2.45) is 28.1 Å². The first-order chi connectivity index (χ1) is 14.7. The highest BCUT2D eigenvalue weighted by molar-refractivity contribution is 8.00. The lowest BCUT2D eigenvalue weighted by Gasteiger charge is -2.37. The van der Waals surface area contributed by atoms with Crippen molar-refractivity contribution in [1.82, 2.24) is 4.90 Å². The van der Waals surface area contributed by atoms with Crippen LogP contribution in [-0.4, -0.2) is 53.5 Å². The van der Waals surface area contributed by atoms with Crippen LogP contribution >= 0.6 is 23.7 Å². The largest absolute Gasteiger partial charge is 0.341 e. The molecular weight excluding hydrogens is 455 g/mol. The van der Waals surface area contributed by atoms with Crippen LogP contribution in [0.1, 0.15) is 24.3 Å². The number of halogens is 5. The molecule has 1 aliphatic carbocycles. The molecule has 10 heteroatoms. The zero-order valence-electron chi connectivity index (χ0n) is 16.8. The predicted octanol–water partition coefficient (Wildman–Crippen LogP) is 5.18. The number of likely N-dealkylation sites (tertiary alicyclic amines) is 1. The van der Waals surface area contributed by atoms with Crippen molar-refractivity contribution in [2.75, 3.05) is 25.1 Å². The lowest BCUT2D eigenvalue weighted by Crippen LogP contribution is -2.50. The van der Waals surface area contributed by atoms with Crippen LogP contribution in [0.4, 0.5) is 22.0 Å². The Labute approximate surface area is 186 Å². The van der Waals surface area contributed by atoms with Crippen LogP contribution in [-0.2, 0) is 4.79 Å². The summed E-state index contributed by atoms with van der Waals surface area (Å²) in [6.07, 6.45) is 2.82. The molecule has 1 amide bonds. The summed E-state index contributed by atoms with van der Waals surface area (Å²) in [5.74, 6) is -7.72. The molecule has 6 atom stereocenters. The van der Waals surface area contributed by atoms with Crippen LogP contribution in [0.3, 0.4) is 0 Å². The van der Waals surface area contributed by atoms with Gasteiger partial charge in [-0.2, -0.15) is 0 Å². The van der Waals surface area contributed by atoms with E-state index in [4.69, 9.17) is 0 Å². The Bertz CT molecular complexity index is 850. The highest BCUT2D eigenvalue weighted by atomic mass is 32.2. The number of carbonyl (C=O) groups excluding carboxylic acids is 1. The average molecular weight is 479 g/mol. The number of hydrogen-bond acceptors (Lipinski definition) is 4. The quantitative estimate of drug-likeness (QED) is 0.332. The SMILES string of the molecule is CSN=CC1CN(C(=O)C2CC2C2C(F)SCC2c2c(F)cccc2F)CCC1(F)F. The number of piperidine rings is 1. The van der Waals surface area contributed by atoms with Gasteiger partial charge in [0.05, 0.1) is 5.92 Å². The normalized spacial score (nSPS) is 35.0. The first-order valence-electron chi connectivity index (χ1n) is 10.2. The van der Waals surface area contributed by atoms with E-state index in [0.29, 0.717) is 6.42 Å². The van der Waals surface area contributed by atoms with Crippen LogP contribution in [0.15, 0.2) is 22.6 Å². The molecule has 1 aromatic carbocycles. The van der Waals surface area contributed by atoms with E-state index < -0.39 is 53.2 Å². The summed E-state index contributed by atoms with van der Waals surface area (Å²) >= 11 is 2.08. The topological polar surface area (TPSA) is 32.7 Å². The number of carbonyl (C=O) groups is 1. The smallest absolute Gasteiger partial charge is 0.259 e. The van der Waals surface area contributed by atoms with E-state index in [-0.39, 0.29) is 36.2 Å². The summed E-state index contributed by atoms with van der Waals surface area (Å²) < 4.78 is 75.6. The van der Waals surface area contributed by atoms with E-state index >= 15 is 0 Å². The molecule has 1 aromatic rings. The molecule has 170 valence electrons. The first-order valence-corrected chi connectivity index (χ1v) is 12.4. The van der Waals surface area contributed by atoms with Crippen molar-refractivity contribution in [1.29, 1.82) is 0 Å². The number of nitrogens with zero attached hydrogens (tertiary/aromatic N) is 2. The van der Waals surface area contributed by atoms with Crippen molar-refractivity contribution in [2.45, 2.75) is 30.2 Å². The fourth-order valence-electron chi connectivity index (χ4n) is 4.81. The molecule has 0 N–H and O–H groups in total. The maximum Gasteiger partial charge on any atom is 0.259 e. The van der Waals surface area contributed by atoms with Gasteiger partial charge in [0.2, 0.25) is 5.91 Å². The summed E-state index contributed by atoms with van der Waals surface area (Å²) in [5, 5.41) is 0. The number of rotatable bonds is 5. The Hall–Kier alpha value is -1.29. The van der Waals surface area contributed by atoms with Gasteiger partial charge in [0.1, 0.15) is 17.1 Å². The molecule has 3 nitrogen and oxygen atoms in total. The van der Waals surface area contributed by atoms with E-state index in [0.717, 1.165) is 35.8 Å². The summed E-state index contributed by atoms with van der Waals surface area (Å²) in [6.45, 7) is -0.203. The van der Waals surface area contributed by atoms with Crippen LogP contribution in [0.5, 0.6) is 0 Å². The fraction of sp³-hybridized carbons (Fsp3) is 0.619. The second kappa shape index (κ2) is 8.92. The second-order valence-electron chi connectivity index (χ2n) is 8.35. The van der Waals surface area contributed by atoms with Gasteiger partial charge in [-0.05, 0) is 36.4 Å². The van der Waals surface area contributed by atoms with Crippen LogP contribution in [0.25, 0.3) is 0 Å². The van der Waals surface area contributed by atoms with Gasteiger partial charge in [-0.3, -0.25) is 4.79 Å². The van der Waals surface area contributed by atoms with Crippen LogP contribution < -0.4 is 0 Å². The van der Waals surface area contributed by atoms with E-state index in [1.165, 1.54) is 17.2 Å². The molecule has 2 aliphatic heterocycles. The number of amides is 1. The van der Waals surface area contributed by atoms with Crippen molar-refractivity contribution in [3.05, 3.63) is 35.4 Å². The van der Waals surface area contributed by atoms with Gasteiger partial charge in [-0.1, -0.05) is 6.07 Å². The molecule has 2 heterocycles. The maximum atomic E-state index is 14.7. The number of benzene rings is 1. The van der Waals surface area contributed by atoms with Crippen molar-refractivity contribution in [3.63, 3.8) is 0 Å². The Morgan fingerprint density at radius 2 is 2.03 bits per heavy atom. The third kappa shape index (κ3) is 4.47. The lowest BCUT2D eigenvalue weighted by molar-refractivity contribution is -0.142. The Morgan fingerprint density at radius 1 is 1.32 bits per heavy atom. The molecule has 0 aromatic heterocycles. The van der Waals surface area contributed by atoms with Crippen LogP contribution in [0, 0.1) is 35.3 Å². The van der Waals surface area contributed by atoms with Gasteiger partial charge in [0.15, 0.2) is 0 Å². The predicted molar refractivity (Wildman–Crippen MR) is 113 cm³/mol. The average Bonchev–Trinajstić information content (AvgIpc) is 3.42. The van der Waals surface area contributed by atoms with Gasteiger partial charge in [-0.25, -0.2) is 26.3 Å². The van der Waals surface area contributed by atoms with Gasteiger partial charge >= 0.3 is 0 Å². The third-order valence-electron chi connectivity index (χ3n) is 6.56. The molecule has 0 spiro atoms. The summed E-state index contributed by atoms with van der Waals surface area (Å²) in [6, 6.07) is 3.58. The lowest BCUT2D eigenvalue weighted by atomic mass is 9.83. The zero-order chi connectivity index (χ0) is 22.3. The third-order valence-corrected chi connectivity index (χ3v) is 8.07. The summed E-state index contributed by atoms with van der Waals surface area (Å²) in [5.41, 5.74) is -1.44. The number of thioether (sulfide) groups is 1. The van der Waals surface area contributed by atoms with E-state index in [2.05, 4.69) is 4.40 Å². The standard InChI is InChI=1S/C21H23F5N2OS2/c1-30-27-8-11-9-28(6-5-21(11,25)26)20(29)13-7-12(13)17-14(10-31-19(17)24)18-15(22)3-2-4-16(18)23/h2-4,8,11-14,17,19H,5-7,9-10H2,1H3. The molecule has 6 unspecified atom stereocenters. The highest BCUT2D eigenvalue weighted by Gasteiger charge is 2.57. The molecule has 4 rings (SSSR count). The summed E-state index contributed by atoms with van der Waals surface area (Å²) in [7, 11) is 0. The van der Waals surface area contributed by atoms with E-state index in [9.17, 15) is 26.7 Å². The van der Waals surface area contributed by atoms with Crippen molar-refractivity contribution in [3.8, 4) is 0 Å². The number of hydrogen-bond donors (Lipinski definition) is 0. The molecule has 0 radical (unpaired) electrons. The minimum Gasteiger partial charge on any atom is -0.341 e. The summed E-state index contributed by atoms with van der Waals surface area (Å²) in [4.78, 5) is 14.4. The van der Waals surface area contributed by atoms with Crippen molar-refractivity contribution >= 4 is 35.8 Å². The maximum absolute atomic E-state index is 14.7. The molecule has 0 bridgehead atoms. The van der Waals surface area contributed by atoms with Gasteiger partial charge in [0.25, 0.3) is 5.92 Å². The van der Waals surface area contributed by atoms with Gasteiger partial charge in [0, 0.05) is 61.1 Å². The molecule has 2 saturated heterocycles. The van der Waals surface area contributed by atoms with Gasteiger partial charge in [-0.15, -0.1) is 11.8 Å². The zero-order valence-corrected chi connectivity index (χ0v) is 18.5. The monoisotopic (exact) mass is 478 g/mol. The Morgan fingerprint density at radius 3 is 2.71 bits per heavy atom. The minimum atomic E-state index is -2.93. The molecule has 1 saturated carbocycles. The van der Waals surface area contributed by atoms with E-state index in [1.54, 1.807) is 6.26 Å². The number of alkyl halides is 3. The van der Waals surface area contributed by atoms with E-state index in [1.807, 2.05) is 0 Å². The van der Waals surface area contributed by atoms with Crippen LogP contribution in [0.2, 0.25) is 0 Å².